The molecule has 6 heteroatoms. The molecule has 118 valence electrons. The minimum Gasteiger partial charge on any atom is -0.530 e. The molecule has 1 aliphatic heterocycles. The number of hydrogen-bond donors (Lipinski definition) is 0. The summed E-state index contributed by atoms with van der Waals surface area (Å²) in [4.78, 5) is 35.8. The van der Waals surface area contributed by atoms with Crippen LogP contribution in [0.3, 0.4) is 0 Å². The molecule has 1 aliphatic carbocycles. The van der Waals surface area contributed by atoms with Gasteiger partial charge in [-0.3, -0.25) is 4.79 Å². The van der Waals surface area contributed by atoms with Crippen LogP contribution in [0.2, 0.25) is 0 Å². The van der Waals surface area contributed by atoms with Gasteiger partial charge in [0.15, 0.2) is 11.4 Å². The summed E-state index contributed by atoms with van der Waals surface area (Å²) in [5.41, 5.74) is -0.310. The van der Waals surface area contributed by atoms with Crippen LogP contribution in [0.4, 0.5) is 4.79 Å². The van der Waals surface area contributed by atoms with Gasteiger partial charge >= 0.3 is 5.97 Å². The minimum absolute atomic E-state index is 0.0331. The van der Waals surface area contributed by atoms with Crippen LogP contribution in [0.1, 0.15) is 12.0 Å². The van der Waals surface area contributed by atoms with Gasteiger partial charge in [0.2, 0.25) is 0 Å². The Balaban J connectivity index is 1.82. The Labute approximate surface area is 132 Å². The van der Waals surface area contributed by atoms with E-state index in [0.717, 1.165) is 10.5 Å². The molecule has 0 unspecified atom stereocenters. The Morgan fingerprint density at radius 1 is 1.22 bits per heavy atom. The fourth-order valence-corrected chi connectivity index (χ4v) is 2.76. The van der Waals surface area contributed by atoms with Crippen LogP contribution >= 0.6 is 0 Å². The van der Waals surface area contributed by atoms with Crippen molar-refractivity contribution in [2.24, 2.45) is 0 Å². The lowest BCUT2D eigenvalue weighted by atomic mass is 9.92. The number of amides is 1. The van der Waals surface area contributed by atoms with E-state index in [1.165, 1.54) is 24.3 Å². The van der Waals surface area contributed by atoms with Gasteiger partial charge in [-0.1, -0.05) is 30.3 Å². The number of carboxylic acid groups (broad SMARTS) is 1. The number of allylic oxidation sites excluding steroid dienone is 2. The van der Waals surface area contributed by atoms with Gasteiger partial charge in [-0.15, -0.1) is 0 Å². The molecule has 1 atom stereocenters. The van der Waals surface area contributed by atoms with E-state index < -0.39 is 23.7 Å². The van der Waals surface area contributed by atoms with Crippen molar-refractivity contribution in [1.82, 2.24) is 4.90 Å². The quantitative estimate of drug-likeness (QED) is 0.762. The summed E-state index contributed by atoms with van der Waals surface area (Å²) >= 11 is 0. The van der Waals surface area contributed by atoms with Crippen LogP contribution in [0.25, 0.3) is 0 Å². The second-order valence-corrected chi connectivity index (χ2v) is 5.54. The Morgan fingerprint density at radius 3 is 2.48 bits per heavy atom. The maximum Gasteiger partial charge on any atom is 0.330 e. The van der Waals surface area contributed by atoms with E-state index in [0.29, 0.717) is 0 Å². The molecule has 23 heavy (non-hydrogen) atoms. The molecule has 0 N–H and O–H groups in total. The standard InChI is InChI=1S/C17H15NO5/c19-13-6-8-17(9-7-13)10-14(15(20)23-17)18(16(21)22)11-12-4-2-1-3-5-12/h1-9,14H,10-11H2,(H,21,22)/p-1/t14-/m0/s1. The predicted molar refractivity (Wildman–Crippen MR) is 77.9 cm³/mol. The molecule has 3 rings (SSSR count). The predicted octanol–water partition coefficient (Wildman–Crippen LogP) is 0.581. The lowest BCUT2D eigenvalue weighted by Crippen LogP contribution is -2.49. The summed E-state index contributed by atoms with van der Waals surface area (Å²) < 4.78 is 5.32. The highest BCUT2D eigenvalue weighted by Crippen LogP contribution is 2.34. The highest BCUT2D eigenvalue weighted by atomic mass is 16.6. The third kappa shape index (κ3) is 3.01. The number of hydrogen-bond acceptors (Lipinski definition) is 5. The Bertz CT molecular complexity index is 691. The van der Waals surface area contributed by atoms with Crippen molar-refractivity contribution < 1.29 is 24.2 Å². The molecular formula is C17H14NO5-. The van der Waals surface area contributed by atoms with Crippen LogP contribution in [0, 0.1) is 0 Å². The number of carbonyl (C=O) groups excluding carboxylic acids is 3. The first kappa shape index (κ1) is 15.0. The molecular weight excluding hydrogens is 298 g/mol. The lowest BCUT2D eigenvalue weighted by Gasteiger charge is -2.29. The number of carbonyl (C=O) groups is 3. The number of ether oxygens (including phenoxy) is 1. The Hall–Kier alpha value is -2.89. The number of ketones is 1. The van der Waals surface area contributed by atoms with Gasteiger partial charge in [0.25, 0.3) is 0 Å². The van der Waals surface area contributed by atoms with Gasteiger partial charge in [0.1, 0.15) is 12.1 Å². The van der Waals surface area contributed by atoms with Crippen molar-refractivity contribution in [2.75, 3.05) is 0 Å². The van der Waals surface area contributed by atoms with Gasteiger partial charge in [-0.05, 0) is 29.9 Å². The first-order valence-corrected chi connectivity index (χ1v) is 7.16. The third-order valence-electron chi connectivity index (χ3n) is 3.94. The van der Waals surface area contributed by atoms with Crippen molar-refractivity contribution in [3.63, 3.8) is 0 Å². The average Bonchev–Trinajstić information content (AvgIpc) is 2.85. The third-order valence-corrected chi connectivity index (χ3v) is 3.94. The maximum atomic E-state index is 12.2. The molecule has 0 saturated carbocycles. The normalized spacial score (nSPS) is 21.5. The van der Waals surface area contributed by atoms with Crippen molar-refractivity contribution in [3.05, 3.63) is 60.2 Å². The van der Waals surface area contributed by atoms with Crippen molar-refractivity contribution in [1.29, 1.82) is 0 Å². The Kier molecular flexibility index (Phi) is 3.73. The van der Waals surface area contributed by atoms with Gasteiger partial charge in [-0.2, -0.15) is 0 Å². The molecule has 1 amide bonds. The van der Waals surface area contributed by atoms with E-state index >= 15 is 0 Å². The molecule has 0 radical (unpaired) electrons. The molecule has 1 aromatic rings. The van der Waals surface area contributed by atoms with Crippen molar-refractivity contribution >= 4 is 17.8 Å². The summed E-state index contributed by atoms with van der Waals surface area (Å²) in [7, 11) is 0. The van der Waals surface area contributed by atoms with Crippen LogP contribution < -0.4 is 5.11 Å². The molecule has 1 spiro atoms. The zero-order chi connectivity index (χ0) is 16.4. The average molecular weight is 312 g/mol. The molecule has 0 aromatic heterocycles. The van der Waals surface area contributed by atoms with Gasteiger partial charge in [0, 0.05) is 13.0 Å². The van der Waals surface area contributed by atoms with Crippen LogP contribution in [-0.2, 0) is 20.9 Å². The van der Waals surface area contributed by atoms with Gasteiger partial charge in [0.05, 0.1) is 0 Å². The van der Waals surface area contributed by atoms with E-state index in [9.17, 15) is 19.5 Å². The van der Waals surface area contributed by atoms with E-state index in [2.05, 4.69) is 0 Å². The molecule has 1 aromatic carbocycles. The summed E-state index contributed by atoms with van der Waals surface area (Å²) in [6.07, 6.45) is 4.29. The zero-order valence-electron chi connectivity index (χ0n) is 12.2. The lowest BCUT2D eigenvalue weighted by molar-refractivity contribution is -0.268. The molecule has 0 bridgehead atoms. The molecule has 6 nitrogen and oxygen atoms in total. The molecule has 2 aliphatic rings. The van der Waals surface area contributed by atoms with Gasteiger partial charge in [-0.25, -0.2) is 4.79 Å². The van der Waals surface area contributed by atoms with E-state index in [4.69, 9.17) is 4.74 Å². The number of benzene rings is 1. The van der Waals surface area contributed by atoms with Crippen LogP contribution in [-0.4, -0.2) is 34.4 Å². The minimum atomic E-state index is -1.44. The largest absolute Gasteiger partial charge is 0.530 e. The molecule has 1 fully saturated rings. The summed E-state index contributed by atoms with van der Waals surface area (Å²) in [6, 6.07) is 7.96. The van der Waals surface area contributed by atoms with Crippen LogP contribution in [0.5, 0.6) is 0 Å². The van der Waals surface area contributed by atoms with E-state index in [-0.39, 0.29) is 18.7 Å². The summed E-state index contributed by atoms with van der Waals surface area (Å²) in [6.45, 7) is 0.0331. The highest BCUT2D eigenvalue weighted by Gasteiger charge is 2.47. The van der Waals surface area contributed by atoms with E-state index in [1.807, 2.05) is 6.07 Å². The number of nitrogens with zero attached hydrogens (tertiary/aromatic N) is 1. The topological polar surface area (TPSA) is 86.7 Å². The Morgan fingerprint density at radius 2 is 1.87 bits per heavy atom. The second kappa shape index (κ2) is 5.72. The zero-order valence-corrected chi connectivity index (χ0v) is 12.2. The van der Waals surface area contributed by atoms with Crippen molar-refractivity contribution in [2.45, 2.75) is 24.6 Å². The summed E-state index contributed by atoms with van der Waals surface area (Å²) in [5.74, 6) is -0.843. The SMILES string of the molecule is O=C1C=CC2(C=C1)C[C@H](N(Cc1ccccc1)C(=O)[O-])C(=O)O2. The van der Waals surface area contributed by atoms with Gasteiger partial charge < -0.3 is 19.5 Å². The fourth-order valence-electron chi connectivity index (χ4n) is 2.76. The number of rotatable bonds is 3. The maximum absolute atomic E-state index is 12.2. The second-order valence-electron chi connectivity index (χ2n) is 5.54. The number of esters is 1. The fraction of sp³-hybridized carbons (Fsp3) is 0.235. The monoisotopic (exact) mass is 312 g/mol. The first-order chi connectivity index (χ1) is 11.0. The van der Waals surface area contributed by atoms with Crippen LogP contribution in [0.15, 0.2) is 54.6 Å². The smallest absolute Gasteiger partial charge is 0.330 e. The molecule has 1 saturated heterocycles. The first-order valence-electron chi connectivity index (χ1n) is 7.16. The summed E-state index contributed by atoms with van der Waals surface area (Å²) in [5, 5.41) is 11.5. The van der Waals surface area contributed by atoms with E-state index in [1.54, 1.807) is 24.3 Å². The molecule has 1 heterocycles. The van der Waals surface area contributed by atoms with Crippen molar-refractivity contribution in [3.8, 4) is 0 Å². The highest BCUT2D eigenvalue weighted by molar-refractivity contribution is 6.01.